The van der Waals surface area contributed by atoms with Crippen molar-refractivity contribution in [3.8, 4) is 0 Å². The third-order valence-corrected chi connectivity index (χ3v) is 5.28. The molecule has 20 heavy (non-hydrogen) atoms. The fraction of sp³-hybridized carbons (Fsp3) is 0.462. The molecule has 1 fully saturated rings. The molecule has 0 spiro atoms. The van der Waals surface area contributed by atoms with Crippen LogP contribution in [-0.2, 0) is 16.4 Å². The van der Waals surface area contributed by atoms with Gasteiger partial charge in [-0.1, -0.05) is 6.07 Å². The first-order valence-corrected chi connectivity index (χ1v) is 8.07. The molecule has 110 valence electrons. The lowest BCUT2D eigenvalue weighted by Crippen LogP contribution is -2.46. The Bertz CT molecular complexity index is 629. The minimum absolute atomic E-state index is 0.0713. The zero-order chi connectivity index (χ0) is 14.9. The van der Waals surface area contributed by atoms with Gasteiger partial charge >= 0.3 is 5.97 Å². The van der Waals surface area contributed by atoms with E-state index in [0.717, 1.165) is 6.07 Å². The molecule has 1 aliphatic heterocycles. The van der Waals surface area contributed by atoms with Gasteiger partial charge in [0.25, 0.3) is 0 Å². The number of sulfone groups is 1. The molecule has 0 amide bonds. The molecule has 0 aromatic heterocycles. The molecule has 2 rings (SSSR count). The van der Waals surface area contributed by atoms with E-state index in [1.165, 1.54) is 12.1 Å². The van der Waals surface area contributed by atoms with Crippen molar-refractivity contribution in [1.82, 2.24) is 4.90 Å². The Morgan fingerprint density at radius 1 is 1.50 bits per heavy atom. The van der Waals surface area contributed by atoms with Crippen molar-refractivity contribution in [3.05, 3.63) is 35.1 Å². The monoisotopic (exact) mass is 301 g/mol. The van der Waals surface area contributed by atoms with Crippen molar-refractivity contribution in [3.63, 3.8) is 0 Å². The van der Waals surface area contributed by atoms with Crippen LogP contribution in [0, 0.1) is 5.82 Å². The molecule has 0 bridgehead atoms. The second-order valence-electron chi connectivity index (χ2n) is 5.05. The molecule has 1 aromatic carbocycles. The minimum atomic E-state index is -3.00. The molecular formula is C13H16FNO4S. The van der Waals surface area contributed by atoms with Crippen LogP contribution in [0.15, 0.2) is 18.2 Å². The van der Waals surface area contributed by atoms with Gasteiger partial charge in [-0.3, -0.25) is 4.90 Å². The van der Waals surface area contributed by atoms with E-state index < -0.39 is 21.6 Å². The molecular weight excluding hydrogens is 285 g/mol. The summed E-state index contributed by atoms with van der Waals surface area (Å²) in [5.74, 6) is -1.60. The van der Waals surface area contributed by atoms with E-state index in [9.17, 15) is 17.6 Å². The number of carbonyl (C=O) groups is 1. The highest BCUT2D eigenvalue weighted by molar-refractivity contribution is 7.91. The van der Waals surface area contributed by atoms with E-state index in [1.807, 2.05) is 4.90 Å². The Morgan fingerprint density at radius 3 is 2.75 bits per heavy atom. The van der Waals surface area contributed by atoms with Gasteiger partial charge in [-0.05, 0) is 19.1 Å². The van der Waals surface area contributed by atoms with Crippen LogP contribution in [0.3, 0.4) is 0 Å². The normalized spacial score (nSPS) is 22.6. The van der Waals surface area contributed by atoms with Crippen LogP contribution < -0.4 is 0 Å². The molecule has 0 aliphatic carbocycles. The number of nitrogens with zero attached hydrogens (tertiary/aromatic N) is 1. The van der Waals surface area contributed by atoms with E-state index >= 15 is 0 Å². The van der Waals surface area contributed by atoms with Gasteiger partial charge in [0.15, 0.2) is 9.84 Å². The summed E-state index contributed by atoms with van der Waals surface area (Å²) in [6, 6.07) is 3.61. The first kappa shape index (κ1) is 14.9. The van der Waals surface area contributed by atoms with E-state index in [0.29, 0.717) is 12.1 Å². The number of rotatable bonds is 3. The second kappa shape index (κ2) is 5.49. The number of aromatic carboxylic acids is 1. The van der Waals surface area contributed by atoms with Crippen molar-refractivity contribution in [1.29, 1.82) is 0 Å². The maximum atomic E-state index is 13.8. The quantitative estimate of drug-likeness (QED) is 0.906. The van der Waals surface area contributed by atoms with Crippen LogP contribution >= 0.6 is 0 Å². The van der Waals surface area contributed by atoms with Gasteiger partial charge in [-0.2, -0.15) is 0 Å². The molecule has 1 saturated heterocycles. The van der Waals surface area contributed by atoms with Gasteiger partial charge in [0.1, 0.15) is 5.82 Å². The zero-order valence-electron chi connectivity index (χ0n) is 11.0. The molecule has 1 N–H and O–H groups in total. The van der Waals surface area contributed by atoms with Crippen LogP contribution in [0.1, 0.15) is 22.8 Å². The van der Waals surface area contributed by atoms with Gasteiger partial charge < -0.3 is 5.11 Å². The highest BCUT2D eigenvalue weighted by Gasteiger charge is 2.28. The lowest BCUT2D eigenvalue weighted by Gasteiger charge is -2.33. The van der Waals surface area contributed by atoms with Gasteiger partial charge in [0.05, 0.1) is 17.1 Å². The van der Waals surface area contributed by atoms with E-state index in [-0.39, 0.29) is 29.7 Å². The Labute approximate surface area is 116 Å². The van der Waals surface area contributed by atoms with E-state index in [1.54, 1.807) is 6.92 Å². The molecule has 0 radical (unpaired) electrons. The molecule has 0 saturated carbocycles. The largest absolute Gasteiger partial charge is 0.478 e. The average Bonchev–Trinajstić information content (AvgIpc) is 2.33. The molecule has 7 heteroatoms. The first-order chi connectivity index (χ1) is 9.28. The lowest BCUT2D eigenvalue weighted by atomic mass is 10.1. The smallest absolute Gasteiger partial charge is 0.335 e. The van der Waals surface area contributed by atoms with Gasteiger partial charge in [-0.25, -0.2) is 17.6 Å². The van der Waals surface area contributed by atoms with Crippen LogP contribution in [0.2, 0.25) is 0 Å². The number of carboxylic acid groups (broad SMARTS) is 1. The van der Waals surface area contributed by atoms with Crippen molar-refractivity contribution in [2.24, 2.45) is 0 Å². The van der Waals surface area contributed by atoms with Crippen LogP contribution in [0.25, 0.3) is 0 Å². The topological polar surface area (TPSA) is 74.7 Å². The fourth-order valence-corrected chi connectivity index (χ4v) is 3.92. The summed E-state index contributed by atoms with van der Waals surface area (Å²) >= 11 is 0. The Hall–Kier alpha value is -1.47. The summed E-state index contributed by atoms with van der Waals surface area (Å²) in [5, 5.41) is 8.78. The van der Waals surface area contributed by atoms with Crippen molar-refractivity contribution in [2.75, 3.05) is 18.1 Å². The van der Waals surface area contributed by atoms with Crippen LogP contribution in [0.4, 0.5) is 4.39 Å². The number of hydrogen-bond donors (Lipinski definition) is 1. The summed E-state index contributed by atoms with van der Waals surface area (Å²) in [6.07, 6.45) is 0. The average molecular weight is 301 g/mol. The highest BCUT2D eigenvalue weighted by atomic mass is 32.2. The Morgan fingerprint density at radius 2 is 2.20 bits per heavy atom. The van der Waals surface area contributed by atoms with Crippen molar-refractivity contribution >= 4 is 15.8 Å². The van der Waals surface area contributed by atoms with Crippen LogP contribution in [-0.4, -0.2) is 48.5 Å². The van der Waals surface area contributed by atoms with Gasteiger partial charge in [-0.15, -0.1) is 0 Å². The summed E-state index contributed by atoms with van der Waals surface area (Å²) in [4.78, 5) is 12.6. The summed E-state index contributed by atoms with van der Waals surface area (Å²) < 4.78 is 36.8. The zero-order valence-corrected chi connectivity index (χ0v) is 11.9. The van der Waals surface area contributed by atoms with Gasteiger partial charge in [0.2, 0.25) is 0 Å². The molecule has 1 unspecified atom stereocenters. The number of carboxylic acids is 1. The molecule has 1 atom stereocenters. The minimum Gasteiger partial charge on any atom is -0.478 e. The molecule has 1 aromatic rings. The molecule has 5 nitrogen and oxygen atoms in total. The number of halogens is 1. The van der Waals surface area contributed by atoms with Crippen LogP contribution in [0.5, 0.6) is 0 Å². The third-order valence-electron chi connectivity index (χ3n) is 3.48. The predicted octanol–water partition coefficient (Wildman–Crippen LogP) is 1.14. The standard InChI is InChI=1S/C13H16FNO4S/c1-9-8-20(18,19)5-4-15(9)7-11-3-2-10(13(16)17)6-12(11)14/h2-3,6,9H,4-5,7-8H2,1H3,(H,16,17). The number of benzene rings is 1. The van der Waals surface area contributed by atoms with E-state index in [4.69, 9.17) is 5.11 Å². The summed E-state index contributed by atoms with van der Waals surface area (Å²) in [7, 11) is -3.00. The lowest BCUT2D eigenvalue weighted by molar-refractivity contribution is 0.0696. The second-order valence-corrected chi connectivity index (χ2v) is 7.27. The first-order valence-electron chi connectivity index (χ1n) is 6.25. The van der Waals surface area contributed by atoms with Gasteiger partial charge in [0, 0.05) is 24.7 Å². The highest BCUT2D eigenvalue weighted by Crippen LogP contribution is 2.18. The third kappa shape index (κ3) is 3.34. The summed E-state index contributed by atoms with van der Waals surface area (Å²) in [5.41, 5.74) is 0.279. The SMILES string of the molecule is CC1CS(=O)(=O)CCN1Cc1ccc(C(=O)O)cc1F. The molecule has 1 heterocycles. The fourth-order valence-electron chi connectivity index (χ4n) is 2.30. The van der Waals surface area contributed by atoms with E-state index in [2.05, 4.69) is 0 Å². The van der Waals surface area contributed by atoms with Crippen molar-refractivity contribution in [2.45, 2.75) is 19.5 Å². The molecule has 1 aliphatic rings. The van der Waals surface area contributed by atoms with Crippen molar-refractivity contribution < 1.29 is 22.7 Å². The number of hydrogen-bond acceptors (Lipinski definition) is 4. The maximum Gasteiger partial charge on any atom is 0.335 e. The maximum absolute atomic E-state index is 13.8. The Kier molecular flexibility index (Phi) is 4.10. The summed E-state index contributed by atoms with van der Waals surface area (Å²) in [6.45, 7) is 2.44. The Balaban J connectivity index is 2.13. The predicted molar refractivity (Wildman–Crippen MR) is 71.9 cm³/mol.